The maximum absolute atomic E-state index is 12.8. The number of nitrogens with zero attached hydrogens (tertiary/aromatic N) is 1. The Balaban J connectivity index is 1.83. The van der Waals surface area contributed by atoms with Crippen LogP contribution in [0.2, 0.25) is 5.02 Å². The highest BCUT2D eigenvalue weighted by molar-refractivity contribution is 6.32. The molecule has 0 N–H and O–H groups in total. The summed E-state index contributed by atoms with van der Waals surface area (Å²) in [4.78, 5) is 14.7. The molecule has 0 bridgehead atoms. The van der Waals surface area contributed by atoms with Crippen molar-refractivity contribution in [2.45, 2.75) is 32.6 Å². The summed E-state index contributed by atoms with van der Waals surface area (Å²) >= 11 is 6.28. The summed E-state index contributed by atoms with van der Waals surface area (Å²) < 4.78 is 11.3. The highest BCUT2D eigenvalue weighted by Gasteiger charge is 2.23. The first-order valence-electron chi connectivity index (χ1n) is 8.03. The molecule has 0 aromatic heterocycles. The van der Waals surface area contributed by atoms with Gasteiger partial charge in [-0.1, -0.05) is 18.5 Å². The van der Waals surface area contributed by atoms with Gasteiger partial charge in [-0.25, -0.2) is 0 Å². The van der Waals surface area contributed by atoms with E-state index in [2.05, 4.69) is 6.92 Å². The largest absolute Gasteiger partial charge is 0.489 e. The number of rotatable bonds is 1. The van der Waals surface area contributed by atoms with Gasteiger partial charge in [-0.3, -0.25) is 4.79 Å². The lowest BCUT2D eigenvalue weighted by Crippen LogP contribution is -2.32. The molecule has 5 heteroatoms. The van der Waals surface area contributed by atoms with Crippen LogP contribution >= 0.6 is 11.6 Å². The van der Waals surface area contributed by atoms with E-state index >= 15 is 0 Å². The Hall–Kier alpha value is -1.42. The molecule has 0 radical (unpaired) electrons. The van der Waals surface area contributed by atoms with Crippen LogP contribution < -0.4 is 9.47 Å². The zero-order valence-corrected chi connectivity index (χ0v) is 13.7. The molecule has 1 amide bonds. The number of likely N-dealkylation sites (tertiary alicyclic amines) is 1. The first kappa shape index (κ1) is 15.5. The molecule has 4 nitrogen and oxygen atoms in total. The van der Waals surface area contributed by atoms with Crippen molar-refractivity contribution < 1.29 is 14.3 Å². The Bertz CT molecular complexity index is 561. The molecule has 0 saturated carbocycles. The van der Waals surface area contributed by atoms with Crippen molar-refractivity contribution in [2.75, 3.05) is 26.3 Å². The molecule has 0 unspecified atom stereocenters. The van der Waals surface area contributed by atoms with Crippen LogP contribution in [-0.4, -0.2) is 37.1 Å². The number of benzene rings is 1. The first-order valence-corrected chi connectivity index (χ1v) is 8.41. The van der Waals surface area contributed by atoms with E-state index in [0.717, 1.165) is 32.4 Å². The van der Waals surface area contributed by atoms with E-state index in [1.807, 2.05) is 4.90 Å². The summed E-state index contributed by atoms with van der Waals surface area (Å²) in [6, 6.07) is 3.47. The SMILES string of the molecule is C[C@H]1CCCN(C(=O)c2cc(Cl)c3c(c2)OCCCO3)CC1. The fourth-order valence-electron chi connectivity index (χ4n) is 3.00. The van der Waals surface area contributed by atoms with Crippen LogP contribution in [0.5, 0.6) is 11.5 Å². The molecule has 0 spiro atoms. The summed E-state index contributed by atoms with van der Waals surface area (Å²) in [5.74, 6) is 1.86. The van der Waals surface area contributed by atoms with Gasteiger partial charge < -0.3 is 14.4 Å². The average molecular weight is 324 g/mol. The minimum atomic E-state index is 0.0339. The van der Waals surface area contributed by atoms with E-state index in [1.165, 1.54) is 6.42 Å². The van der Waals surface area contributed by atoms with Gasteiger partial charge in [0.25, 0.3) is 5.91 Å². The molecular formula is C17H22ClNO3. The third-order valence-electron chi connectivity index (χ3n) is 4.35. The number of ether oxygens (including phenoxy) is 2. The minimum Gasteiger partial charge on any atom is -0.489 e. The number of carbonyl (C=O) groups excluding carboxylic acids is 1. The normalized spacial score (nSPS) is 21.9. The molecule has 1 fully saturated rings. The number of amides is 1. The van der Waals surface area contributed by atoms with Gasteiger partial charge in [-0.05, 0) is 37.3 Å². The van der Waals surface area contributed by atoms with Crippen LogP contribution in [0, 0.1) is 5.92 Å². The number of halogens is 1. The van der Waals surface area contributed by atoms with Crippen LogP contribution in [0.25, 0.3) is 0 Å². The molecular weight excluding hydrogens is 302 g/mol. The molecule has 120 valence electrons. The van der Waals surface area contributed by atoms with Gasteiger partial charge in [0, 0.05) is 25.1 Å². The van der Waals surface area contributed by atoms with Crippen molar-refractivity contribution in [2.24, 2.45) is 5.92 Å². The monoisotopic (exact) mass is 323 g/mol. The molecule has 2 heterocycles. The van der Waals surface area contributed by atoms with Crippen LogP contribution in [0.3, 0.4) is 0 Å². The Kier molecular flexibility index (Phi) is 4.77. The summed E-state index contributed by atoms with van der Waals surface area (Å²) in [5.41, 5.74) is 0.587. The van der Waals surface area contributed by atoms with Gasteiger partial charge in [0.05, 0.1) is 18.2 Å². The highest BCUT2D eigenvalue weighted by Crippen LogP contribution is 2.38. The lowest BCUT2D eigenvalue weighted by molar-refractivity contribution is 0.0760. The summed E-state index contributed by atoms with van der Waals surface area (Å²) in [6.07, 6.45) is 4.12. The quantitative estimate of drug-likeness (QED) is 0.789. The van der Waals surface area contributed by atoms with Crippen molar-refractivity contribution in [1.29, 1.82) is 0 Å². The third kappa shape index (κ3) is 3.32. The van der Waals surface area contributed by atoms with Gasteiger partial charge in [-0.15, -0.1) is 0 Å². The minimum absolute atomic E-state index is 0.0339. The van der Waals surface area contributed by atoms with E-state index in [9.17, 15) is 4.79 Å². The van der Waals surface area contributed by atoms with Gasteiger partial charge in [0.1, 0.15) is 0 Å². The zero-order valence-electron chi connectivity index (χ0n) is 12.9. The number of hydrogen-bond acceptors (Lipinski definition) is 3. The van der Waals surface area contributed by atoms with Gasteiger partial charge in [0.15, 0.2) is 11.5 Å². The molecule has 2 aliphatic rings. The molecule has 1 aromatic carbocycles. The molecule has 1 aromatic rings. The second-order valence-electron chi connectivity index (χ2n) is 6.16. The van der Waals surface area contributed by atoms with Crippen LogP contribution in [0.15, 0.2) is 12.1 Å². The Morgan fingerprint density at radius 1 is 1.18 bits per heavy atom. The average Bonchev–Trinajstić information content (AvgIpc) is 2.87. The van der Waals surface area contributed by atoms with Crippen LogP contribution in [0.4, 0.5) is 0 Å². The maximum Gasteiger partial charge on any atom is 0.254 e. The third-order valence-corrected chi connectivity index (χ3v) is 4.63. The molecule has 2 aliphatic heterocycles. The van der Waals surface area contributed by atoms with Gasteiger partial charge >= 0.3 is 0 Å². The number of fused-ring (bicyclic) bond motifs is 1. The van der Waals surface area contributed by atoms with Crippen molar-refractivity contribution in [3.8, 4) is 11.5 Å². The lowest BCUT2D eigenvalue weighted by atomic mass is 10.0. The smallest absolute Gasteiger partial charge is 0.254 e. The van der Waals surface area contributed by atoms with Crippen molar-refractivity contribution in [3.63, 3.8) is 0 Å². The fourth-order valence-corrected chi connectivity index (χ4v) is 3.27. The van der Waals surface area contributed by atoms with E-state index in [0.29, 0.717) is 41.2 Å². The predicted molar refractivity (Wildman–Crippen MR) is 86.0 cm³/mol. The molecule has 1 saturated heterocycles. The Labute approximate surface area is 136 Å². The lowest BCUT2D eigenvalue weighted by Gasteiger charge is -2.21. The summed E-state index contributed by atoms with van der Waals surface area (Å²) in [6.45, 7) is 5.05. The van der Waals surface area contributed by atoms with Crippen molar-refractivity contribution in [3.05, 3.63) is 22.7 Å². The second kappa shape index (κ2) is 6.78. The van der Waals surface area contributed by atoms with Crippen molar-refractivity contribution >= 4 is 17.5 Å². The van der Waals surface area contributed by atoms with E-state index in [-0.39, 0.29) is 5.91 Å². The topological polar surface area (TPSA) is 38.8 Å². The first-order chi connectivity index (χ1) is 10.6. The molecule has 1 atom stereocenters. The van der Waals surface area contributed by atoms with E-state index in [4.69, 9.17) is 21.1 Å². The number of carbonyl (C=O) groups is 1. The molecule has 22 heavy (non-hydrogen) atoms. The highest BCUT2D eigenvalue weighted by atomic mass is 35.5. The molecule has 0 aliphatic carbocycles. The maximum atomic E-state index is 12.8. The van der Waals surface area contributed by atoms with Gasteiger partial charge in [0.2, 0.25) is 0 Å². The van der Waals surface area contributed by atoms with Gasteiger partial charge in [-0.2, -0.15) is 0 Å². The summed E-state index contributed by atoms with van der Waals surface area (Å²) in [5, 5.41) is 0.450. The fraction of sp³-hybridized carbons (Fsp3) is 0.588. The second-order valence-corrected chi connectivity index (χ2v) is 6.57. The van der Waals surface area contributed by atoms with Crippen LogP contribution in [0.1, 0.15) is 43.0 Å². The van der Waals surface area contributed by atoms with Crippen LogP contribution in [-0.2, 0) is 0 Å². The number of hydrogen-bond donors (Lipinski definition) is 0. The van der Waals surface area contributed by atoms with E-state index in [1.54, 1.807) is 12.1 Å². The predicted octanol–water partition coefficient (Wildman–Crippen LogP) is 3.76. The molecule has 3 rings (SSSR count). The zero-order chi connectivity index (χ0) is 15.5. The Morgan fingerprint density at radius 2 is 2.00 bits per heavy atom. The van der Waals surface area contributed by atoms with E-state index < -0.39 is 0 Å². The standard InChI is InChI=1S/C17H22ClNO3/c1-12-4-2-6-19(7-5-12)17(20)13-10-14(18)16-15(11-13)21-8-3-9-22-16/h10-12H,2-9H2,1H3/t12-/m0/s1. The Morgan fingerprint density at radius 3 is 2.86 bits per heavy atom. The summed E-state index contributed by atoms with van der Waals surface area (Å²) in [7, 11) is 0. The van der Waals surface area contributed by atoms with Crippen molar-refractivity contribution in [1.82, 2.24) is 4.90 Å².